The first kappa shape index (κ1) is 23.2. The third-order valence-electron chi connectivity index (χ3n) is 3.74. The standard InChI is InChI=1S/C18H33N3O2.HI/c1-6-19-18(20-12-16(9-10-22)11-13(2)3)21-15(5)17-8-7-14(4)23-17;/h7-8,13,15-16,22H,6,9-12H2,1-5H3,(H2,19,20,21);1H. The number of hydrogen-bond donors (Lipinski definition) is 3. The van der Waals surface area contributed by atoms with Gasteiger partial charge in [0.2, 0.25) is 0 Å². The van der Waals surface area contributed by atoms with E-state index in [1.807, 2.05) is 19.1 Å². The average Bonchev–Trinajstić information content (AvgIpc) is 2.91. The summed E-state index contributed by atoms with van der Waals surface area (Å²) in [5.74, 6) is 3.64. The van der Waals surface area contributed by atoms with E-state index in [1.54, 1.807) is 0 Å². The number of aryl methyl sites for hydroxylation is 1. The molecule has 2 unspecified atom stereocenters. The number of halogens is 1. The first-order valence-corrected chi connectivity index (χ1v) is 8.68. The number of aliphatic imine (C=N–C) groups is 1. The molecule has 0 saturated heterocycles. The molecule has 0 amide bonds. The summed E-state index contributed by atoms with van der Waals surface area (Å²) in [4.78, 5) is 4.70. The smallest absolute Gasteiger partial charge is 0.191 e. The van der Waals surface area contributed by atoms with Crippen LogP contribution >= 0.6 is 24.0 Å². The van der Waals surface area contributed by atoms with Crippen LogP contribution in [-0.4, -0.2) is 30.8 Å². The molecule has 1 aromatic heterocycles. The van der Waals surface area contributed by atoms with Gasteiger partial charge in [0.15, 0.2) is 5.96 Å². The zero-order valence-electron chi connectivity index (χ0n) is 15.6. The number of nitrogens with one attached hydrogen (secondary N) is 2. The van der Waals surface area contributed by atoms with Crippen molar-refractivity contribution in [3.8, 4) is 0 Å². The summed E-state index contributed by atoms with van der Waals surface area (Å²) in [7, 11) is 0. The lowest BCUT2D eigenvalue weighted by Gasteiger charge is -2.19. The van der Waals surface area contributed by atoms with Crippen LogP contribution in [0.2, 0.25) is 0 Å². The fourth-order valence-corrected chi connectivity index (χ4v) is 2.64. The molecule has 2 atom stereocenters. The molecular formula is C18H34IN3O2. The van der Waals surface area contributed by atoms with Crippen LogP contribution in [0.1, 0.15) is 58.1 Å². The van der Waals surface area contributed by atoms with E-state index in [1.165, 1.54) is 0 Å². The molecule has 0 aliphatic heterocycles. The Hall–Kier alpha value is -0.760. The van der Waals surface area contributed by atoms with Gasteiger partial charge in [-0.3, -0.25) is 4.99 Å². The molecule has 0 radical (unpaired) electrons. The minimum absolute atomic E-state index is 0. The molecule has 3 N–H and O–H groups in total. The largest absolute Gasteiger partial charge is 0.464 e. The molecule has 0 bridgehead atoms. The summed E-state index contributed by atoms with van der Waals surface area (Å²) in [5.41, 5.74) is 0. The first-order chi connectivity index (χ1) is 11.0. The molecular weight excluding hydrogens is 417 g/mol. The second-order valence-corrected chi connectivity index (χ2v) is 6.54. The Morgan fingerprint density at radius 3 is 2.50 bits per heavy atom. The van der Waals surface area contributed by atoms with Crippen molar-refractivity contribution in [2.75, 3.05) is 19.7 Å². The fraction of sp³-hybridized carbons (Fsp3) is 0.722. The third kappa shape index (κ3) is 8.92. The van der Waals surface area contributed by atoms with Gasteiger partial charge in [0, 0.05) is 19.7 Å². The molecule has 6 heteroatoms. The van der Waals surface area contributed by atoms with Crippen LogP contribution in [0.25, 0.3) is 0 Å². The van der Waals surface area contributed by atoms with E-state index in [0.717, 1.165) is 43.4 Å². The lowest BCUT2D eigenvalue weighted by Crippen LogP contribution is -2.39. The second-order valence-electron chi connectivity index (χ2n) is 6.54. The molecule has 0 aliphatic carbocycles. The first-order valence-electron chi connectivity index (χ1n) is 8.68. The van der Waals surface area contributed by atoms with Crippen molar-refractivity contribution in [3.63, 3.8) is 0 Å². The van der Waals surface area contributed by atoms with Crippen LogP contribution in [-0.2, 0) is 0 Å². The van der Waals surface area contributed by atoms with Crippen LogP contribution in [0.15, 0.2) is 21.5 Å². The maximum atomic E-state index is 9.22. The number of rotatable bonds is 9. The van der Waals surface area contributed by atoms with Crippen molar-refractivity contribution in [2.45, 2.75) is 53.5 Å². The van der Waals surface area contributed by atoms with Gasteiger partial charge in [0.25, 0.3) is 0 Å². The van der Waals surface area contributed by atoms with Gasteiger partial charge < -0.3 is 20.2 Å². The predicted molar refractivity (Wildman–Crippen MR) is 111 cm³/mol. The molecule has 1 aromatic rings. The minimum Gasteiger partial charge on any atom is -0.464 e. The van der Waals surface area contributed by atoms with Crippen LogP contribution in [0.3, 0.4) is 0 Å². The summed E-state index contributed by atoms with van der Waals surface area (Å²) in [6, 6.07) is 4.02. The highest BCUT2D eigenvalue weighted by molar-refractivity contribution is 14.0. The number of aliphatic hydroxyl groups is 1. The van der Waals surface area contributed by atoms with Crippen molar-refractivity contribution in [1.29, 1.82) is 0 Å². The number of nitrogens with zero attached hydrogens (tertiary/aromatic N) is 1. The van der Waals surface area contributed by atoms with Crippen LogP contribution in [0, 0.1) is 18.8 Å². The average molecular weight is 451 g/mol. The van der Waals surface area contributed by atoms with Crippen LogP contribution < -0.4 is 10.6 Å². The number of guanidine groups is 1. The number of aliphatic hydroxyl groups excluding tert-OH is 1. The Morgan fingerprint density at radius 2 is 2.00 bits per heavy atom. The molecule has 0 fully saturated rings. The fourth-order valence-electron chi connectivity index (χ4n) is 2.64. The van der Waals surface area contributed by atoms with Crippen LogP contribution in [0.5, 0.6) is 0 Å². The SMILES string of the molecule is CCNC(=NCC(CCO)CC(C)C)NC(C)c1ccc(C)o1.I. The highest BCUT2D eigenvalue weighted by atomic mass is 127. The quantitative estimate of drug-likeness (QED) is 0.303. The normalized spacial score (nSPS) is 14.2. The maximum Gasteiger partial charge on any atom is 0.191 e. The van der Waals surface area contributed by atoms with Gasteiger partial charge in [0.05, 0.1) is 6.04 Å². The summed E-state index contributed by atoms with van der Waals surface area (Å²) >= 11 is 0. The monoisotopic (exact) mass is 451 g/mol. The van der Waals surface area contributed by atoms with Gasteiger partial charge in [0.1, 0.15) is 11.5 Å². The van der Waals surface area contributed by atoms with Crippen molar-refractivity contribution in [1.82, 2.24) is 10.6 Å². The summed E-state index contributed by atoms with van der Waals surface area (Å²) in [5, 5.41) is 15.9. The summed E-state index contributed by atoms with van der Waals surface area (Å²) in [6.07, 6.45) is 1.88. The van der Waals surface area contributed by atoms with E-state index in [2.05, 4.69) is 38.3 Å². The number of furan rings is 1. The van der Waals surface area contributed by atoms with Gasteiger partial charge in [-0.05, 0) is 57.6 Å². The van der Waals surface area contributed by atoms with E-state index in [9.17, 15) is 5.11 Å². The van der Waals surface area contributed by atoms with Crippen molar-refractivity contribution < 1.29 is 9.52 Å². The highest BCUT2D eigenvalue weighted by Crippen LogP contribution is 2.17. The Bertz CT molecular complexity index is 475. The molecule has 0 saturated carbocycles. The Labute approximate surface area is 163 Å². The molecule has 5 nitrogen and oxygen atoms in total. The molecule has 24 heavy (non-hydrogen) atoms. The van der Waals surface area contributed by atoms with E-state index >= 15 is 0 Å². The second kappa shape index (κ2) is 12.6. The van der Waals surface area contributed by atoms with Gasteiger partial charge in [-0.15, -0.1) is 24.0 Å². The molecule has 0 spiro atoms. The van der Waals surface area contributed by atoms with E-state index in [-0.39, 0.29) is 36.6 Å². The molecule has 0 aromatic carbocycles. The van der Waals surface area contributed by atoms with Gasteiger partial charge in [-0.1, -0.05) is 13.8 Å². The van der Waals surface area contributed by atoms with Gasteiger partial charge >= 0.3 is 0 Å². The number of hydrogen-bond acceptors (Lipinski definition) is 3. The zero-order chi connectivity index (χ0) is 17.2. The Balaban J connectivity index is 0.00000529. The van der Waals surface area contributed by atoms with Crippen molar-refractivity contribution in [2.24, 2.45) is 16.8 Å². The van der Waals surface area contributed by atoms with E-state index < -0.39 is 0 Å². The topological polar surface area (TPSA) is 69.8 Å². The van der Waals surface area contributed by atoms with Crippen molar-refractivity contribution >= 4 is 29.9 Å². The van der Waals surface area contributed by atoms with E-state index in [4.69, 9.17) is 9.41 Å². The van der Waals surface area contributed by atoms with E-state index in [0.29, 0.717) is 11.8 Å². The highest BCUT2D eigenvalue weighted by Gasteiger charge is 2.13. The maximum absolute atomic E-state index is 9.22. The molecule has 1 heterocycles. The minimum atomic E-state index is 0. The molecule has 140 valence electrons. The molecule has 1 rings (SSSR count). The Morgan fingerprint density at radius 1 is 1.29 bits per heavy atom. The van der Waals surface area contributed by atoms with Crippen molar-refractivity contribution in [3.05, 3.63) is 23.7 Å². The lowest BCUT2D eigenvalue weighted by atomic mass is 9.94. The lowest BCUT2D eigenvalue weighted by molar-refractivity contribution is 0.245. The predicted octanol–water partition coefficient (Wildman–Crippen LogP) is 3.87. The van der Waals surface area contributed by atoms with Gasteiger partial charge in [-0.25, -0.2) is 0 Å². The Kier molecular flexibility index (Phi) is 12.2. The third-order valence-corrected chi connectivity index (χ3v) is 3.74. The molecule has 0 aliphatic rings. The zero-order valence-corrected chi connectivity index (χ0v) is 18.0. The summed E-state index contributed by atoms with van der Waals surface area (Å²) in [6.45, 7) is 12.2. The summed E-state index contributed by atoms with van der Waals surface area (Å²) < 4.78 is 5.66. The van der Waals surface area contributed by atoms with Crippen LogP contribution in [0.4, 0.5) is 0 Å². The van der Waals surface area contributed by atoms with Gasteiger partial charge in [-0.2, -0.15) is 0 Å².